The number of benzene rings is 1. The van der Waals surface area contributed by atoms with E-state index < -0.39 is 0 Å². The largest absolute Gasteiger partial charge is 0.436 e. The Morgan fingerprint density at radius 1 is 1.06 bits per heavy atom. The Hall–Kier alpha value is -2.59. The molecule has 6 nitrogen and oxygen atoms in total. The summed E-state index contributed by atoms with van der Waals surface area (Å²) in [7, 11) is 0. The molecule has 3 aliphatic rings. The van der Waals surface area contributed by atoms with E-state index in [2.05, 4.69) is 16.7 Å². The quantitative estimate of drug-likeness (QED) is 0.667. The van der Waals surface area contributed by atoms with Gasteiger partial charge in [0.15, 0.2) is 6.61 Å². The lowest BCUT2D eigenvalue weighted by Gasteiger charge is -2.46. The number of carbonyl (C=O) groups is 2. The maximum Gasteiger partial charge on any atom is 0.411 e. The third-order valence-electron chi connectivity index (χ3n) is 7.19. The zero-order valence-electron chi connectivity index (χ0n) is 18.9. The zero-order valence-corrected chi connectivity index (χ0v) is 18.9. The van der Waals surface area contributed by atoms with Gasteiger partial charge in [-0.05, 0) is 69.7 Å². The topological polar surface area (TPSA) is 53.1 Å². The van der Waals surface area contributed by atoms with Crippen LogP contribution in [0.3, 0.4) is 0 Å². The number of hydrogen-bond acceptors (Lipinski definition) is 4. The van der Waals surface area contributed by atoms with E-state index in [4.69, 9.17) is 4.74 Å². The van der Waals surface area contributed by atoms with E-state index in [1.807, 2.05) is 9.80 Å². The number of anilines is 1. The van der Waals surface area contributed by atoms with Gasteiger partial charge in [0, 0.05) is 49.9 Å². The molecule has 4 rings (SSSR count). The maximum absolute atomic E-state index is 13.3. The molecular weight excluding hydrogens is 409 g/mol. The minimum atomic E-state index is -0.296. The number of rotatable bonds is 4. The number of fused-ring (bicyclic) bond motifs is 2. The minimum absolute atomic E-state index is 0.00677. The third kappa shape index (κ3) is 4.75. The van der Waals surface area contributed by atoms with E-state index in [0.717, 1.165) is 57.3 Å². The van der Waals surface area contributed by atoms with Crippen LogP contribution in [0.4, 0.5) is 14.9 Å². The van der Waals surface area contributed by atoms with Crippen molar-refractivity contribution in [2.45, 2.75) is 76.5 Å². The molecule has 2 bridgehead atoms. The van der Waals surface area contributed by atoms with Crippen LogP contribution >= 0.6 is 0 Å². The van der Waals surface area contributed by atoms with Gasteiger partial charge in [0.2, 0.25) is 5.91 Å². The van der Waals surface area contributed by atoms with E-state index in [1.54, 1.807) is 26.0 Å². The second-order valence-electron chi connectivity index (χ2n) is 9.03. The SMILES string of the molecule is CC#CCOC(=O)N1C2CCC1CC(N1CCC(N(C(C)=O)c3ccc(F)cc3)CC1)C2. The van der Waals surface area contributed by atoms with Crippen molar-refractivity contribution in [3.8, 4) is 11.8 Å². The molecule has 0 spiro atoms. The van der Waals surface area contributed by atoms with Crippen molar-refractivity contribution in [3.63, 3.8) is 0 Å². The van der Waals surface area contributed by atoms with Crippen molar-refractivity contribution in [2.24, 2.45) is 0 Å². The average molecular weight is 442 g/mol. The van der Waals surface area contributed by atoms with E-state index in [-0.39, 0.29) is 42.6 Å². The maximum atomic E-state index is 13.3. The second-order valence-corrected chi connectivity index (χ2v) is 9.03. The van der Waals surface area contributed by atoms with Crippen LogP contribution in [0.2, 0.25) is 0 Å². The van der Waals surface area contributed by atoms with Gasteiger partial charge < -0.3 is 19.4 Å². The Labute approximate surface area is 189 Å². The summed E-state index contributed by atoms with van der Waals surface area (Å²) in [5, 5.41) is 0. The Bertz CT molecular complexity index is 872. The molecule has 1 aromatic carbocycles. The number of amides is 2. The molecule has 0 N–H and O–H groups in total. The number of halogens is 1. The Morgan fingerprint density at radius 2 is 1.69 bits per heavy atom. The highest BCUT2D eigenvalue weighted by Gasteiger charge is 2.46. The predicted molar refractivity (Wildman–Crippen MR) is 121 cm³/mol. The standard InChI is InChI=1S/C25H32FN3O3/c1-3-4-15-32-25(31)29-22-9-10-23(29)17-24(16-22)27-13-11-21(12-14-27)28(18(2)30)20-7-5-19(26)6-8-20/h5-8,21-24H,9-17H2,1-2H3. The van der Waals surface area contributed by atoms with Gasteiger partial charge in [0.1, 0.15) is 5.82 Å². The van der Waals surface area contributed by atoms with Crippen molar-refractivity contribution in [1.29, 1.82) is 0 Å². The molecular formula is C25H32FN3O3. The molecule has 3 aliphatic heterocycles. The first-order valence-electron chi connectivity index (χ1n) is 11.6. The van der Waals surface area contributed by atoms with Gasteiger partial charge in [-0.15, -0.1) is 5.92 Å². The van der Waals surface area contributed by atoms with Crippen LogP contribution in [-0.4, -0.2) is 65.7 Å². The van der Waals surface area contributed by atoms with E-state index >= 15 is 0 Å². The lowest BCUT2D eigenvalue weighted by Crippen LogP contribution is -2.55. The normalized spacial score (nSPS) is 25.7. The predicted octanol–water partition coefficient (Wildman–Crippen LogP) is 3.80. The van der Waals surface area contributed by atoms with Gasteiger partial charge in [-0.25, -0.2) is 9.18 Å². The molecule has 2 amide bonds. The summed E-state index contributed by atoms with van der Waals surface area (Å²) in [6.45, 7) is 5.32. The second kappa shape index (κ2) is 9.91. The fraction of sp³-hybridized carbons (Fsp3) is 0.600. The summed E-state index contributed by atoms with van der Waals surface area (Å²) in [6.07, 6.45) is 5.58. The van der Waals surface area contributed by atoms with Gasteiger partial charge in [0.25, 0.3) is 0 Å². The van der Waals surface area contributed by atoms with Crippen LogP contribution in [0, 0.1) is 17.7 Å². The molecule has 3 fully saturated rings. The van der Waals surface area contributed by atoms with Gasteiger partial charge in [-0.2, -0.15) is 0 Å². The number of nitrogens with zero attached hydrogens (tertiary/aromatic N) is 3. The highest BCUT2D eigenvalue weighted by Crippen LogP contribution is 2.39. The number of likely N-dealkylation sites (tertiary alicyclic amines) is 1. The summed E-state index contributed by atoms with van der Waals surface area (Å²) < 4.78 is 18.7. The third-order valence-corrected chi connectivity index (χ3v) is 7.19. The summed E-state index contributed by atoms with van der Waals surface area (Å²) in [6, 6.07) is 7.25. The van der Waals surface area contributed by atoms with Crippen molar-refractivity contribution in [2.75, 3.05) is 24.6 Å². The Morgan fingerprint density at radius 3 is 2.25 bits per heavy atom. The first kappa shape index (κ1) is 22.6. The molecule has 32 heavy (non-hydrogen) atoms. The van der Waals surface area contributed by atoms with Crippen molar-refractivity contribution in [3.05, 3.63) is 30.1 Å². The molecule has 0 aromatic heterocycles. The van der Waals surface area contributed by atoms with Crippen molar-refractivity contribution >= 4 is 17.7 Å². The molecule has 1 aromatic rings. The van der Waals surface area contributed by atoms with E-state index in [1.165, 1.54) is 12.1 Å². The fourth-order valence-corrected chi connectivity index (χ4v) is 5.75. The van der Waals surface area contributed by atoms with E-state index in [9.17, 15) is 14.0 Å². The van der Waals surface area contributed by atoms with Crippen LogP contribution in [0.5, 0.6) is 0 Å². The number of piperidine rings is 2. The van der Waals surface area contributed by atoms with Crippen LogP contribution < -0.4 is 4.90 Å². The molecule has 2 atom stereocenters. The monoisotopic (exact) mass is 441 g/mol. The first-order chi connectivity index (χ1) is 15.5. The molecule has 2 unspecified atom stereocenters. The fourth-order valence-electron chi connectivity index (χ4n) is 5.75. The molecule has 0 saturated carbocycles. The minimum Gasteiger partial charge on any atom is -0.436 e. The molecule has 172 valence electrons. The summed E-state index contributed by atoms with van der Waals surface area (Å²) >= 11 is 0. The lowest BCUT2D eigenvalue weighted by molar-refractivity contribution is -0.117. The summed E-state index contributed by atoms with van der Waals surface area (Å²) in [5.41, 5.74) is 0.759. The van der Waals surface area contributed by atoms with Gasteiger partial charge in [0.05, 0.1) is 0 Å². The van der Waals surface area contributed by atoms with Crippen molar-refractivity contribution < 1.29 is 18.7 Å². The number of ether oxygens (including phenoxy) is 1. The van der Waals surface area contributed by atoms with Crippen LogP contribution in [0.15, 0.2) is 24.3 Å². The average Bonchev–Trinajstić information content (AvgIpc) is 3.05. The van der Waals surface area contributed by atoms with E-state index in [0.29, 0.717) is 6.04 Å². The number of hydrogen-bond donors (Lipinski definition) is 0. The smallest absolute Gasteiger partial charge is 0.411 e. The summed E-state index contributed by atoms with van der Waals surface area (Å²) in [5.74, 6) is 5.24. The highest BCUT2D eigenvalue weighted by atomic mass is 19.1. The molecule has 0 radical (unpaired) electrons. The molecule has 3 heterocycles. The first-order valence-corrected chi connectivity index (χ1v) is 11.6. The molecule has 0 aliphatic carbocycles. The summed E-state index contributed by atoms with van der Waals surface area (Å²) in [4.78, 5) is 31.2. The molecule has 7 heteroatoms. The number of carbonyl (C=O) groups excluding carboxylic acids is 2. The van der Waals surface area contributed by atoms with Gasteiger partial charge in [-0.1, -0.05) is 5.92 Å². The molecule has 3 saturated heterocycles. The van der Waals surface area contributed by atoms with Crippen molar-refractivity contribution in [1.82, 2.24) is 9.80 Å². The van der Waals surface area contributed by atoms with Gasteiger partial charge in [-0.3, -0.25) is 4.79 Å². The van der Waals surface area contributed by atoms with Crippen LogP contribution in [0.1, 0.15) is 52.4 Å². The lowest BCUT2D eigenvalue weighted by atomic mass is 9.93. The van der Waals surface area contributed by atoms with Crippen LogP contribution in [0.25, 0.3) is 0 Å². The van der Waals surface area contributed by atoms with Crippen LogP contribution in [-0.2, 0) is 9.53 Å². The Kier molecular flexibility index (Phi) is 7.00. The highest BCUT2D eigenvalue weighted by molar-refractivity contribution is 5.92. The Balaban J connectivity index is 1.34. The van der Waals surface area contributed by atoms with Gasteiger partial charge >= 0.3 is 6.09 Å². The zero-order chi connectivity index (χ0) is 22.7.